The van der Waals surface area contributed by atoms with E-state index in [0.29, 0.717) is 48.2 Å². The molecule has 0 radical (unpaired) electrons. The van der Waals surface area contributed by atoms with Crippen LogP contribution in [0.15, 0.2) is 194 Å². The molecule has 8 fully saturated rings. The maximum Gasteiger partial charge on any atom is 0.249 e. The molecule has 4 aliphatic heterocycles. The van der Waals surface area contributed by atoms with Gasteiger partial charge in [0.25, 0.3) is 0 Å². The third-order valence-corrected chi connectivity index (χ3v) is 25.6. The molecule has 4 saturated heterocycles. The Kier molecular flexibility index (Phi) is 24.3. The van der Waals surface area contributed by atoms with Crippen molar-refractivity contribution in [1.82, 2.24) is 83.0 Å². The first-order valence-electron chi connectivity index (χ1n) is 43.1. The molecule has 4 saturated carbocycles. The van der Waals surface area contributed by atoms with Crippen LogP contribution in [0.3, 0.4) is 0 Å². The van der Waals surface area contributed by atoms with Crippen molar-refractivity contribution in [2.45, 2.75) is 110 Å². The van der Waals surface area contributed by atoms with Crippen molar-refractivity contribution >= 4 is 91.6 Å². The van der Waals surface area contributed by atoms with Gasteiger partial charge in [-0.3, -0.25) is 64.8 Å². The van der Waals surface area contributed by atoms with Crippen LogP contribution in [0, 0.1) is 29.6 Å². The summed E-state index contributed by atoms with van der Waals surface area (Å²) in [6, 6.07) is 63.5. The van der Waals surface area contributed by atoms with Gasteiger partial charge in [-0.15, -0.1) is 20.4 Å². The van der Waals surface area contributed by atoms with E-state index in [-0.39, 0.29) is 70.6 Å². The molecule has 9 aromatic heterocycles. The number of carbonyl (C=O) groups is 5. The van der Waals surface area contributed by atoms with Crippen molar-refractivity contribution < 1.29 is 32.4 Å². The number of piperazine rings is 1. The summed E-state index contributed by atoms with van der Waals surface area (Å²) in [6.07, 6.45) is 15.1. The molecule has 0 atom stereocenters. The molecule has 4 aliphatic carbocycles. The second kappa shape index (κ2) is 36.6. The summed E-state index contributed by atoms with van der Waals surface area (Å²) in [6.45, 7) is 12.9. The summed E-state index contributed by atoms with van der Waals surface area (Å²) in [5.41, 5.74) is 21.2. The molecule has 30 nitrogen and oxygen atoms in total. The molecule has 632 valence electrons. The summed E-state index contributed by atoms with van der Waals surface area (Å²) in [7, 11) is -2.86. The van der Waals surface area contributed by atoms with Gasteiger partial charge in [0.05, 0.1) is 34.3 Å². The molecule has 8 aliphatic rings. The van der Waals surface area contributed by atoms with E-state index in [1.807, 2.05) is 108 Å². The fourth-order valence-electron chi connectivity index (χ4n) is 16.2. The van der Waals surface area contributed by atoms with E-state index in [1.54, 1.807) is 13.5 Å². The number of nitrogens with one attached hydrogen (secondary N) is 4. The fourth-order valence-corrected chi connectivity index (χ4v) is 17.4. The molecule has 0 spiro atoms. The van der Waals surface area contributed by atoms with Crippen LogP contribution in [0.1, 0.15) is 106 Å². The molecule has 0 unspecified atom stereocenters. The van der Waals surface area contributed by atoms with Crippen LogP contribution in [0.5, 0.6) is 0 Å². The smallest absolute Gasteiger partial charge is 0.249 e. The van der Waals surface area contributed by atoms with E-state index in [0.717, 1.165) is 197 Å². The Balaban J connectivity index is 0.000000112. The lowest BCUT2D eigenvalue weighted by molar-refractivity contribution is -0.123. The molecule has 31 heteroatoms. The molecule has 5 amide bonds. The van der Waals surface area contributed by atoms with Gasteiger partial charge in [0, 0.05) is 123 Å². The maximum atomic E-state index is 12.1. The quantitative estimate of drug-likeness (QED) is 0.0421. The predicted octanol–water partition coefficient (Wildman–Crippen LogP) is 11.6. The first-order chi connectivity index (χ1) is 60.0. The number of sulfone groups is 1. The molecule has 123 heavy (non-hydrogen) atoms. The molecule has 0 bridgehead atoms. The van der Waals surface area contributed by atoms with Gasteiger partial charge < -0.3 is 10.6 Å². The third kappa shape index (κ3) is 20.6. The van der Waals surface area contributed by atoms with Gasteiger partial charge in [0.2, 0.25) is 53.3 Å². The van der Waals surface area contributed by atoms with E-state index < -0.39 is 9.84 Å². The van der Waals surface area contributed by atoms with Gasteiger partial charge in [-0.25, -0.2) is 31.5 Å². The van der Waals surface area contributed by atoms with Crippen molar-refractivity contribution in [3.05, 3.63) is 217 Å². The normalized spacial score (nSPS) is 17.7. The molecule has 21 rings (SSSR count). The van der Waals surface area contributed by atoms with E-state index in [4.69, 9.17) is 5.73 Å². The minimum Gasteiger partial charge on any atom is -0.369 e. The summed E-state index contributed by atoms with van der Waals surface area (Å²) in [4.78, 5) is 93.6. The number of rotatable bonds is 22. The highest BCUT2D eigenvalue weighted by Crippen LogP contribution is 2.35. The highest BCUT2D eigenvalue weighted by molar-refractivity contribution is 7.91. The summed E-state index contributed by atoms with van der Waals surface area (Å²) in [5.74, 6) is 3.29. The Hall–Kier alpha value is -12.6. The summed E-state index contributed by atoms with van der Waals surface area (Å²) in [5, 5.41) is 29.4. The summed E-state index contributed by atoms with van der Waals surface area (Å²) >= 11 is 0. The molecule has 13 aromatic rings. The van der Waals surface area contributed by atoms with E-state index in [9.17, 15) is 32.4 Å². The van der Waals surface area contributed by atoms with Gasteiger partial charge in [-0.05, 0) is 186 Å². The maximum absolute atomic E-state index is 12.1. The van der Waals surface area contributed by atoms with Gasteiger partial charge in [-0.2, -0.15) is 19.9 Å². The second-order valence-electron chi connectivity index (χ2n) is 33.5. The van der Waals surface area contributed by atoms with Crippen molar-refractivity contribution in [1.29, 1.82) is 0 Å². The number of aromatic nitrogens is 13. The monoisotopic (exact) mass is 1670 g/mol. The number of nitrogens with zero attached hydrogens (tertiary/aromatic N) is 18. The van der Waals surface area contributed by atoms with Gasteiger partial charge >= 0.3 is 0 Å². The Labute approximate surface area is 712 Å². The number of pyridine rings is 5. The van der Waals surface area contributed by atoms with E-state index in [2.05, 4.69) is 182 Å². The Bertz CT molecular complexity index is 6050. The first kappa shape index (κ1) is 81.5. The number of likely N-dealkylation sites (tertiary alicyclic amines) is 2. The molecular weight excluding hydrogens is 1570 g/mol. The number of anilines is 5. The van der Waals surface area contributed by atoms with Crippen molar-refractivity contribution in [3.8, 4) is 45.0 Å². The number of piperidine rings is 2. The lowest BCUT2D eigenvalue weighted by atomic mass is 9.96. The number of hydrogen-bond donors (Lipinski definition) is 5. The Morgan fingerprint density at radius 1 is 0.325 bits per heavy atom. The van der Waals surface area contributed by atoms with Crippen LogP contribution in [0.25, 0.3) is 67.6 Å². The number of fused-ring (bicyclic) bond motifs is 4. The minimum absolute atomic E-state index is 0.00155. The van der Waals surface area contributed by atoms with Crippen molar-refractivity contribution in [2.75, 3.05) is 103 Å². The predicted molar refractivity (Wildman–Crippen MR) is 471 cm³/mol. The number of amides is 5. The van der Waals surface area contributed by atoms with Crippen LogP contribution >= 0.6 is 0 Å². The SMILES string of the molecule is NC(=O)C1CCN(Cc2ccc(-c3cccc4nc(NC(=O)C5CC5)nn34)cc2)CC1.O=C(Nc1nc2cccc(-c3ccc(CN4CCCCC4)cc3)n2n1)C1CC1.O=C(Nc1nc2cccc(-c3ccc(CN4CCN(c5ccccn5)CC4)cc3)n2n1)C1CC1.O=C(Nc1nc2cccc(-c3ccc(CN4CCS(=O)(=O)CC4)cc3)n2n1)C1CC1. The Morgan fingerprint density at radius 3 is 0.935 bits per heavy atom. The number of nitrogens with two attached hydrogens (primary N) is 1. The van der Waals surface area contributed by atoms with Crippen LogP contribution in [0.2, 0.25) is 0 Å². The van der Waals surface area contributed by atoms with Crippen LogP contribution in [-0.4, -0.2) is 198 Å². The summed E-state index contributed by atoms with van der Waals surface area (Å²) < 4.78 is 30.3. The van der Waals surface area contributed by atoms with Crippen molar-refractivity contribution in [3.63, 3.8) is 0 Å². The van der Waals surface area contributed by atoms with Gasteiger partial charge in [0.15, 0.2) is 32.4 Å². The van der Waals surface area contributed by atoms with Gasteiger partial charge in [0.1, 0.15) is 5.82 Å². The standard InChI is InChI=1S/C26H27N7O.C23H26N6O2.C22H25N5O.C21H23N5O3S/c34-25(21-11-12-21)29-26-28-24-6-3-4-22(33(24)30-26)20-9-7-19(8-10-20)18-31-14-16-32(17-15-31)23-5-1-2-13-27-23;24-21(30)17-10-12-28(13-11-17)14-15-4-6-16(7-5-15)19-2-1-3-20-25-23(27-29(19)20)26-22(31)18-8-9-18;28-21(18-11-12-18)24-22-23-20-6-4-5-19(27(20)25-22)17-9-7-16(8-10-17)15-26-13-2-1-3-14-26;27-20(17-8-9-17)23-21-22-19-3-1-2-18(26(19)24-21)16-6-4-15(5-7-16)14-25-10-12-30(28,29)13-11-25/h1-10,13,21H,11-12,14-18H2,(H,29,30,34);1-7,17-18H,8-14H2,(H2,24,30)(H,26,27,31);4-10,18H,1-3,11-15H2,(H,24,25,28);1-7,17H,8-14H2,(H,23,24,27). The van der Waals surface area contributed by atoms with E-state index >= 15 is 0 Å². The molecule has 6 N–H and O–H groups in total. The van der Waals surface area contributed by atoms with Gasteiger partial charge in [-0.1, -0.05) is 134 Å². The average Bonchev–Trinajstić information content (AvgIpc) is 1.65. The van der Waals surface area contributed by atoms with Crippen LogP contribution in [-0.2, 0) is 60.0 Å². The average molecular weight is 1670 g/mol. The zero-order valence-corrected chi connectivity index (χ0v) is 69.6. The highest BCUT2D eigenvalue weighted by atomic mass is 32.2. The fraction of sp³-hybridized carbons (Fsp3) is 0.370. The number of benzene rings is 4. The number of hydrogen-bond acceptors (Lipinski definition) is 21. The number of carbonyl (C=O) groups excluding carboxylic acids is 5. The first-order valence-corrected chi connectivity index (χ1v) is 44.9. The highest BCUT2D eigenvalue weighted by Gasteiger charge is 2.34. The third-order valence-electron chi connectivity index (χ3n) is 24.0. The Morgan fingerprint density at radius 2 is 0.634 bits per heavy atom. The largest absolute Gasteiger partial charge is 0.369 e. The molecule has 13 heterocycles. The topological polar surface area (TPSA) is 343 Å². The van der Waals surface area contributed by atoms with Crippen LogP contribution < -0.4 is 31.9 Å². The second-order valence-corrected chi connectivity index (χ2v) is 35.8. The lowest BCUT2D eigenvalue weighted by Gasteiger charge is -2.35. The molecular formula is C92H101N23O7S. The van der Waals surface area contributed by atoms with Crippen molar-refractivity contribution in [2.24, 2.45) is 35.3 Å². The number of primary amides is 1. The molecule has 4 aromatic carbocycles. The zero-order chi connectivity index (χ0) is 83.9. The van der Waals surface area contributed by atoms with Crippen LogP contribution in [0.4, 0.5) is 29.6 Å². The van der Waals surface area contributed by atoms with E-state index in [1.165, 1.54) is 49.0 Å². The zero-order valence-electron chi connectivity index (χ0n) is 68.8. The minimum atomic E-state index is -2.86. The lowest BCUT2D eigenvalue weighted by Crippen LogP contribution is -2.46.